The minimum absolute atomic E-state index is 0.182. The summed E-state index contributed by atoms with van der Waals surface area (Å²) in [6, 6.07) is 24.4. The first-order valence-corrected chi connectivity index (χ1v) is 13.6. The molecule has 38 heavy (non-hydrogen) atoms. The highest BCUT2D eigenvalue weighted by atomic mass is 35.5. The van der Waals surface area contributed by atoms with Gasteiger partial charge in [0.1, 0.15) is 25.0 Å². The van der Waals surface area contributed by atoms with Crippen LogP contribution in [0.2, 0.25) is 5.02 Å². The quantitative estimate of drug-likeness (QED) is 0.186. The number of rotatable bonds is 9. The van der Waals surface area contributed by atoms with Crippen molar-refractivity contribution in [3.05, 3.63) is 112 Å². The Labute approximate surface area is 230 Å². The normalized spacial score (nSPS) is 14.6. The summed E-state index contributed by atoms with van der Waals surface area (Å²) in [6.45, 7) is 4.52. The van der Waals surface area contributed by atoms with Gasteiger partial charge in [0.15, 0.2) is 0 Å². The molecule has 7 nitrogen and oxygen atoms in total. The lowest BCUT2D eigenvalue weighted by molar-refractivity contribution is -0.140. The predicted octanol–water partition coefficient (Wildman–Crippen LogP) is 6.65. The third kappa shape index (κ3) is 5.87. The number of thioether (sulfide) groups is 1. The molecule has 194 valence electrons. The molecule has 1 aromatic heterocycles. The van der Waals surface area contributed by atoms with Crippen LogP contribution < -0.4 is 10.1 Å². The van der Waals surface area contributed by atoms with E-state index in [9.17, 15) is 4.79 Å². The maximum atomic E-state index is 13.4. The van der Waals surface area contributed by atoms with Crippen molar-refractivity contribution in [1.29, 1.82) is 0 Å². The van der Waals surface area contributed by atoms with Crippen molar-refractivity contribution in [1.82, 2.24) is 14.8 Å². The van der Waals surface area contributed by atoms with Gasteiger partial charge in [0.2, 0.25) is 11.1 Å². The second-order valence-electron chi connectivity index (χ2n) is 8.71. The molecular formula is C29H27ClN4O3S. The van der Waals surface area contributed by atoms with Gasteiger partial charge in [-0.2, -0.15) is 4.98 Å². The van der Waals surface area contributed by atoms with Gasteiger partial charge in [0, 0.05) is 10.7 Å². The average Bonchev–Trinajstić information content (AvgIpc) is 3.33. The van der Waals surface area contributed by atoms with Crippen molar-refractivity contribution < 1.29 is 14.3 Å². The standard InChI is InChI=1S/C29H27ClN4O3S/c1-3-38-29-32-28-31-19(2)25(27(35)37-18-20-7-5-4-6-8-20)26(34(28)33-29)22-11-15-24(16-12-22)36-17-21-9-13-23(30)14-10-21/h4-16,26H,3,17-18H2,1-2H3,(H,31,32,33). The van der Waals surface area contributed by atoms with E-state index in [0.717, 1.165) is 22.4 Å². The minimum atomic E-state index is -0.501. The molecule has 5 rings (SSSR count). The molecule has 3 aromatic carbocycles. The fourth-order valence-corrected chi connectivity index (χ4v) is 4.87. The summed E-state index contributed by atoms with van der Waals surface area (Å²) in [5.74, 6) is 1.74. The molecule has 0 saturated carbocycles. The van der Waals surface area contributed by atoms with Gasteiger partial charge in [-0.1, -0.05) is 84.9 Å². The van der Waals surface area contributed by atoms with Crippen LogP contribution in [0.5, 0.6) is 5.75 Å². The molecule has 1 unspecified atom stereocenters. The zero-order chi connectivity index (χ0) is 26.5. The Balaban J connectivity index is 1.41. The lowest BCUT2D eigenvalue weighted by Crippen LogP contribution is -2.29. The van der Waals surface area contributed by atoms with Crippen molar-refractivity contribution >= 4 is 35.3 Å². The number of hydrogen-bond donors (Lipinski definition) is 1. The van der Waals surface area contributed by atoms with E-state index < -0.39 is 12.0 Å². The Morgan fingerprint density at radius 2 is 1.71 bits per heavy atom. The largest absolute Gasteiger partial charge is 0.489 e. The number of aromatic nitrogens is 3. The van der Waals surface area contributed by atoms with Gasteiger partial charge in [-0.3, -0.25) is 0 Å². The van der Waals surface area contributed by atoms with Gasteiger partial charge < -0.3 is 14.8 Å². The molecule has 2 heterocycles. The molecule has 0 amide bonds. The summed E-state index contributed by atoms with van der Waals surface area (Å²) in [4.78, 5) is 18.1. The number of fused-ring (bicyclic) bond motifs is 1. The van der Waals surface area contributed by atoms with Gasteiger partial charge in [-0.15, -0.1) is 5.10 Å². The molecule has 0 spiro atoms. The molecule has 0 aliphatic carbocycles. The van der Waals surface area contributed by atoms with Crippen LogP contribution in [0.25, 0.3) is 0 Å². The summed E-state index contributed by atoms with van der Waals surface area (Å²) in [6.07, 6.45) is 0. The molecule has 1 aliphatic heterocycles. The first-order valence-electron chi connectivity index (χ1n) is 12.3. The lowest BCUT2D eigenvalue weighted by Gasteiger charge is -2.28. The van der Waals surface area contributed by atoms with Crippen LogP contribution in [0.1, 0.15) is 36.6 Å². The van der Waals surface area contributed by atoms with E-state index in [-0.39, 0.29) is 6.61 Å². The summed E-state index contributed by atoms with van der Waals surface area (Å²) in [5, 5.41) is 9.29. The Bertz CT molecular complexity index is 1440. The molecule has 0 bridgehead atoms. The van der Waals surface area contributed by atoms with Crippen LogP contribution in [-0.2, 0) is 22.7 Å². The van der Waals surface area contributed by atoms with E-state index in [1.807, 2.05) is 92.7 Å². The van der Waals surface area contributed by atoms with E-state index in [2.05, 4.69) is 10.3 Å². The Hall–Kier alpha value is -3.75. The first kappa shape index (κ1) is 25.9. The van der Waals surface area contributed by atoms with Crippen molar-refractivity contribution in [2.75, 3.05) is 11.1 Å². The second-order valence-corrected chi connectivity index (χ2v) is 10.4. The number of carbonyl (C=O) groups excluding carboxylic acids is 1. The number of carbonyl (C=O) groups is 1. The van der Waals surface area contributed by atoms with Crippen LogP contribution in [0.4, 0.5) is 5.95 Å². The van der Waals surface area contributed by atoms with Crippen LogP contribution in [0.15, 0.2) is 95.3 Å². The van der Waals surface area contributed by atoms with Crippen molar-refractivity contribution in [3.63, 3.8) is 0 Å². The van der Waals surface area contributed by atoms with Crippen LogP contribution in [0, 0.1) is 0 Å². The summed E-state index contributed by atoms with van der Waals surface area (Å²) >= 11 is 7.52. The zero-order valence-electron chi connectivity index (χ0n) is 21.1. The number of nitrogens with one attached hydrogen (secondary N) is 1. The number of nitrogens with zero attached hydrogens (tertiary/aromatic N) is 3. The second kappa shape index (κ2) is 11.8. The lowest BCUT2D eigenvalue weighted by atomic mass is 9.95. The summed E-state index contributed by atoms with van der Waals surface area (Å²) in [7, 11) is 0. The number of halogens is 1. The number of allylic oxidation sites excluding steroid dienone is 1. The molecule has 0 radical (unpaired) electrons. The smallest absolute Gasteiger partial charge is 0.338 e. The van der Waals surface area contributed by atoms with Gasteiger partial charge >= 0.3 is 5.97 Å². The molecule has 0 fully saturated rings. The van der Waals surface area contributed by atoms with Crippen LogP contribution in [0.3, 0.4) is 0 Å². The topological polar surface area (TPSA) is 78.3 Å². The zero-order valence-corrected chi connectivity index (χ0v) is 22.6. The third-order valence-corrected chi connectivity index (χ3v) is 7.03. The molecule has 1 atom stereocenters. The van der Waals surface area contributed by atoms with Crippen molar-refractivity contribution in [2.24, 2.45) is 0 Å². The van der Waals surface area contributed by atoms with E-state index in [1.54, 1.807) is 16.4 Å². The van der Waals surface area contributed by atoms with Crippen LogP contribution >= 0.6 is 23.4 Å². The minimum Gasteiger partial charge on any atom is -0.489 e. The van der Waals surface area contributed by atoms with Gasteiger partial charge in [0.05, 0.1) is 5.57 Å². The monoisotopic (exact) mass is 546 g/mol. The maximum absolute atomic E-state index is 13.4. The van der Waals surface area contributed by atoms with E-state index in [4.69, 9.17) is 26.2 Å². The van der Waals surface area contributed by atoms with E-state index in [1.165, 1.54) is 0 Å². The molecule has 0 saturated heterocycles. The van der Waals surface area contributed by atoms with E-state index in [0.29, 0.717) is 39.8 Å². The van der Waals surface area contributed by atoms with Crippen molar-refractivity contribution in [3.8, 4) is 5.75 Å². The fraction of sp³-hybridized carbons (Fsp3) is 0.207. The highest BCUT2D eigenvalue weighted by Crippen LogP contribution is 2.37. The predicted molar refractivity (Wildman–Crippen MR) is 149 cm³/mol. The summed E-state index contributed by atoms with van der Waals surface area (Å²) in [5.41, 5.74) is 3.98. The molecule has 1 N–H and O–H groups in total. The average molecular weight is 547 g/mol. The highest BCUT2D eigenvalue weighted by molar-refractivity contribution is 7.99. The number of benzene rings is 3. The van der Waals surface area contributed by atoms with Crippen LogP contribution in [-0.4, -0.2) is 26.5 Å². The highest BCUT2D eigenvalue weighted by Gasteiger charge is 2.35. The molecular weight excluding hydrogens is 520 g/mol. The van der Waals surface area contributed by atoms with Crippen molar-refractivity contribution in [2.45, 2.75) is 38.3 Å². The first-order chi connectivity index (χ1) is 18.5. The SMILES string of the molecule is CCSc1nc2n(n1)C(c1ccc(OCc3ccc(Cl)cc3)cc1)C(C(=O)OCc1ccccc1)=C(C)N2. The number of hydrogen-bond acceptors (Lipinski definition) is 7. The summed E-state index contributed by atoms with van der Waals surface area (Å²) < 4.78 is 13.5. The molecule has 1 aliphatic rings. The molecule has 9 heteroatoms. The number of anilines is 1. The Morgan fingerprint density at radius 1 is 1.00 bits per heavy atom. The number of ether oxygens (including phenoxy) is 2. The van der Waals surface area contributed by atoms with Gasteiger partial charge in [-0.25, -0.2) is 9.48 Å². The van der Waals surface area contributed by atoms with E-state index >= 15 is 0 Å². The van der Waals surface area contributed by atoms with Gasteiger partial charge in [-0.05, 0) is 53.6 Å². The fourth-order valence-electron chi connectivity index (χ4n) is 4.19. The maximum Gasteiger partial charge on any atom is 0.338 e. The molecule has 4 aromatic rings. The number of esters is 1. The van der Waals surface area contributed by atoms with Gasteiger partial charge in [0.25, 0.3) is 0 Å². The Morgan fingerprint density at radius 3 is 2.42 bits per heavy atom. The Kier molecular flexibility index (Phi) is 8.00. The third-order valence-electron chi connectivity index (χ3n) is 6.05.